The van der Waals surface area contributed by atoms with Crippen molar-refractivity contribution in [3.63, 3.8) is 0 Å². The molecule has 1 aliphatic rings. The molecule has 1 aromatic carbocycles. The summed E-state index contributed by atoms with van der Waals surface area (Å²) < 4.78 is 75.7. The zero-order chi connectivity index (χ0) is 26.3. The smallest absolute Gasteiger partial charge is 0.417 e. The second-order valence-electron chi connectivity index (χ2n) is 7.62. The number of nitrogens with zero attached hydrogens (tertiary/aromatic N) is 5. The second kappa shape index (κ2) is 9.00. The first-order valence-electron chi connectivity index (χ1n) is 10.3. The molecule has 3 amide bonds. The van der Waals surface area contributed by atoms with Gasteiger partial charge in [-0.15, -0.1) is 0 Å². The second-order valence-corrected chi connectivity index (χ2v) is 7.62. The number of amides is 3. The Bertz CT molecular complexity index is 1510. The number of rotatable bonds is 6. The summed E-state index contributed by atoms with van der Waals surface area (Å²) in [5.41, 5.74) is -1.28. The van der Waals surface area contributed by atoms with Crippen molar-refractivity contribution in [2.75, 3.05) is 16.3 Å². The number of aromatic nitrogens is 4. The molecule has 0 bridgehead atoms. The van der Waals surface area contributed by atoms with Gasteiger partial charge in [0.1, 0.15) is 18.0 Å². The first-order chi connectivity index (χ1) is 17.6. The molecule has 0 aliphatic carbocycles. The van der Waals surface area contributed by atoms with E-state index in [9.17, 15) is 31.5 Å². The highest BCUT2D eigenvalue weighted by Gasteiger charge is 2.41. The molecule has 1 saturated heterocycles. The van der Waals surface area contributed by atoms with Crippen molar-refractivity contribution in [1.82, 2.24) is 20.2 Å². The summed E-state index contributed by atoms with van der Waals surface area (Å²) in [4.78, 5) is 34.6. The fourth-order valence-corrected chi connectivity index (χ4v) is 3.61. The summed E-state index contributed by atoms with van der Waals surface area (Å²) in [5.74, 6) is -1.20. The van der Waals surface area contributed by atoms with E-state index in [0.29, 0.717) is 28.2 Å². The molecule has 37 heavy (non-hydrogen) atoms. The van der Waals surface area contributed by atoms with Crippen molar-refractivity contribution < 1.29 is 41.0 Å². The van der Waals surface area contributed by atoms with Crippen LogP contribution in [0.4, 0.5) is 38.1 Å². The number of urea groups is 1. The number of alkyl halides is 5. The van der Waals surface area contributed by atoms with Gasteiger partial charge >= 0.3 is 18.8 Å². The topological polar surface area (TPSA) is 114 Å². The molecule has 1 N–H and O–H groups in total. The van der Waals surface area contributed by atoms with Crippen molar-refractivity contribution in [1.29, 1.82) is 0 Å². The minimum absolute atomic E-state index is 0.0158. The first kappa shape index (κ1) is 23.9. The van der Waals surface area contributed by atoms with Crippen LogP contribution in [-0.4, -0.2) is 45.3 Å². The number of benzene rings is 1. The molecule has 5 rings (SSSR count). The number of halogens is 5. The standard InChI is InChI=1S/C22H13F5N6O4/c23-20(24)37-17-5-14(36-15-3-11-6-30-31-19(11)29-9-15)1-2-16(17)33-18(34)10-32(21(33)35)13-4-12(7-28-8-13)22(25,26)27/h1-9,20H,10H2,(H,29,30,31). The third-order valence-corrected chi connectivity index (χ3v) is 5.22. The van der Waals surface area contributed by atoms with E-state index in [2.05, 4.69) is 24.9 Å². The molecule has 0 spiro atoms. The number of pyridine rings is 2. The highest BCUT2D eigenvalue weighted by molar-refractivity contribution is 6.27. The van der Waals surface area contributed by atoms with Gasteiger partial charge in [0.2, 0.25) is 0 Å². The Morgan fingerprint density at radius 2 is 1.81 bits per heavy atom. The fourth-order valence-electron chi connectivity index (χ4n) is 3.61. The van der Waals surface area contributed by atoms with E-state index in [4.69, 9.17) is 4.74 Å². The highest BCUT2D eigenvalue weighted by Crippen LogP contribution is 2.39. The summed E-state index contributed by atoms with van der Waals surface area (Å²) >= 11 is 0. The Morgan fingerprint density at radius 1 is 1.00 bits per heavy atom. The van der Waals surface area contributed by atoms with Crippen LogP contribution in [0.5, 0.6) is 17.2 Å². The summed E-state index contributed by atoms with van der Waals surface area (Å²) in [6.07, 6.45) is -0.337. The molecule has 3 aromatic heterocycles. The van der Waals surface area contributed by atoms with Crippen molar-refractivity contribution in [2.24, 2.45) is 0 Å². The van der Waals surface area contributed by atoms with Gasteiger partial charge in [0.15, 0.2) is 11.4 Å². The molecule has 1 fully saturated rings. The average Bonchev–Trinajstić information content (AvgIpc) is 3.42. The maximum atomic E-state index is 13.2. The van der Waals surface area contributed by atoms with Gasteiger partial charge in [-0.3, -0.25) is 19.8 Å². The van der Waals surface area contributed by atoms with Gasteiger partial charge in [0.05, 0.1) is 35.5 Å². The van der Waals surface area contributed by atoms with E-state index in [0.717, 1.165) is 23.2 Å². The number of hydrogen-bond donors (Lipinski definition) is 1. The van der Waals surface area contributed by atoms with Gasteiger partial charge in [0, 0.05) is 17.6 Å². The number of nitrogens with one attached hydrogen (secondary N) is 1. The number of aromatic amines is 1. The maximum Gasteiger partial charge on any atom is 0.417 e. The summed E-state index contributed by atoms with van der Waals surface area (Å²) in [5, 5.41) is 7.11. The van der Waals surface area contributed by atoms with E-state index in [-0.39, 0.29) is 22.9 Å². The molecule has 1 aliphatic heterocycles. The Hall–Kier alpha value is -4.82. The van der Waals surface area contributed by atoms with Crippen LogP contribution < -0.4 is 19.3 Å². The minimum atomic E-state index is -4.73. The van der Waals surface area contributed by atoms with Crippen molar-refractivity contribution in [3.05, 3.63) is 60.7 Å². The van der Waals surface area contributed by atoms with E-state index in [1.54, 1.807) is 6.07 Å². The van der Waals surface area contributed by atoms with Gasteiger partial charge in [0.25, 0.3) is 5.91 Å². The number of H-pyrrole nitrogens is 1. The van der Waals surface area contributed by atoms with E-state index in [1.807, 2.05) is 0 Å². The van der Waals surface area contributed by atoms with Gasteiger partial charge in [-0.2, -0.15) is 27.1 Å². The van der Waals surface area contributed by atoms with E-state index < -0.39 is 42.6 Å². The number of ether oxygens (including phenoxy) is 2. The SMILES string of the molecule is O=C1CN(c2cncc(C(F)(F)F)c2)C(=O)N1c1ccc(Oc2cnc3[nH]ncc3c2)cc1OC(F)F. The third kappa shape index (κ3) is 4.70. The largest absolute Gasteiger partial charge is 0.456 e. The fraction of sp³-hybridized carbons (Fsp3) is 0.136. The van der Waals surface area contributed by atoms with Gasteiger partial charge in [-0.05, 0) is 24.3 Å². The van der Waals surface area contributed by atoms with Crippen LogP contribution in [0.1, 0.15) is 5.56 Å². The molecule has 10 nitrogen and oxygen atoms in total. The zero-order valence-corrected chi connectivity index (χ0v) is 18.2. The van der Waals surface area contributed by atoms with Gasteiger partial charge in [-0.1, -0.05) is 0 Å². The lowest BCUT2D eigenvalue weighted by molar-refractivity contribution is -0.137. The Balaban J connectivity index is 1.45. The molecular weight excluding hydrogens is 507 g/mol. The molecule has 15 heteroatoms. The molecule has 0 unspecified atom stereocenters. The molecule has 4 heterocycles. The summed E-state index contributed by atoms with van der Waals surface area (Å²) in [7, 11) is 0. The Kier molecular flexibility index (Phi) is 5.81. The van der Waals surface area contributed by atoms with Crippen LogP contribution in [-0.2, 0) is 11.0 Å². The van der Waals surface area contributed by atoms with Crippen LogP contribution in [0.15, 0.2) is 55.1 Å². The monoisotopic (exact) mass is 520 g/mol. The maximum absolute atomic E-state index is 13.2. The van der Waals surface area contributed by atoms with Crippen molar-refractivity contribution >= 4 is 34.3 Å². The average molecular weight is 520 g/mol. The normalized spacial score (nSPS) is 14.2. The third-order valence-electron chi connectivity index (χ3n) is 5.22. The highest BCUT2D eigenvalue weighted by atomic mass is 19.4. The summed E-state index contributed by atoms with van der Waals surface area (Å²) in [6.45, 7) is -3.97. The van der Waals surface area contributed by atoms with Crippen LogP contribution in [0, 0.1) is 0 Å². The number of carbonyl (C=O) groups is 2. The lowest BCUT2D eigenvalue weighted by Crippen LogP contribution is -2.33. The van der Waals surface area contributed by atoms with Crippen LogP contribution in [0.3, 0.4) is 0 Å². The molecule has 0 atom stereocenters. The zero-order valence-electron chi connectivity index (χ0n) is 18.2. The molecule has 190 valence electrons. The molecule has 0 radical (unpaired) electrons. The van der Waals surface area contributed by atoms with Crippen LogP contribution >= 0.6 is 0 Å². The van der Waals surface area contributed by atoms with Crippen molar-refractivity contribution in [3.8, 4) is 17.2 Å². The van der Waals surface area contributed by atoms with Gasteiger partial charge in [-0.25, -0.2) is 14.7 Å². The lowest BCUT2D eigenvalue weighted by atomic mass is 10.2. The quantitative estimate of drug-likeness (QED) is 0.289. The number of anilines is 2. The number of hydrogen-bond acceptors (Lipinski definition) is 7. The lowest BCUT2D eigenvalue weighted by Gasteiger charge is -2.20. The van der Waals surface area contributed by atoms with E-state index in [1.165, 1.54) is 18.5 Å². The predicted octanol–water partition coefficient (Wildman–Crippen LogP) is 4.74. The van der Waals surface area contributed by atoms with Crippen LogP contribution in [0.2, 0.25) is 0 Å². The number of carbonyl (C=O) groups excluding carboxylic acids is 2. The Morgan fingerprint density at radius 3 is 2.57 bits per heavy atom. The number of fused-ring (bicyclic) bond motifs is 1. The molecule has 4 aromatic rings. The van der Waals surface area contributed by atoms with Gasteiger partial charge < -0.3 is 9.47 Å². The minimum Gasteiger partial charge on any atom is -0.456 e. The first-order valence-corrected chi connectivity index (χ1v) is 10.3. The number of imide groups is 1. The Labute approximate surface area is 203 Å². The molecule has 0 saturated carbocycles. The predicted molar refractivity (Wildman–Crippen MR) is 117 cm³/mol. The van der Waals surface area contributed by atoms with Crippen molar-refractivity contribution in [2.45, 2.75) is 12.8 Å². The van der Waals surface area contributed by atoms with E-state index >= 15 is 0 Å². The van der Waals surface area contributed by atoms with Crippen LogP contribution in [0.25, 0.3) is 11.0 Å². The summed E-state index contributed by atoms with van der Waals surface area (Å²) in [6, 6.07) is 4.63. The molecular formula is C22H13F5N6O4.